The molecule has 2 aliphatic rings. The second kappa shape index (κ2) is 10.2. The highest BCUT2D eigenvalue weighted by Crippen LogP contribution is 2.46. The molecule has 206 valence electrons. The number of halogens is 3. The number of hydrogen-bond acceptors (Lipinski definition) is 4. The van der Waals surface area contributed by atoms with E-state index in [1.54, 1.807) is 36.8 Å². The molecule has 0 radical (unpaired) electrons. The number of rotatable bonds is 5. The van der Waals surface area contributed by atoms with Crippen molar-refractivity contribution in [3.05, 3.63) is 70.3 Å². The maximum absolute atomic E-state index is 14.0. The average Bonchev–Trinajstić information content (AvgIpc) is 3.18. The van der Waals surface area contributed by atoms with Gasteiger partial charge in [-0.1, -0.05) is 35.9 Å². The van der Waals surface area contributed by atoms with Crippen LogP contribution in [0.25, 0.3) is 0 Å². The molecule has 2 N–H and O–H groups in total. The summed E-state index contributed by atoms with van der Waals surface area (Å²) in [6.07, 6.45) is -4.33. The van der Waals surface area contributed by atoms with E-state index in [2.05, 4.69) is 0 Å². The Balaban J connectivity index is 1.71. The molecule has 2 aromatic carbocycles. The molecule has 0 saturated carbocycles. The smallest absolute Gasteiger partial charge is 0.395 e. The van der Waals surface area contributed by atoms with Crippen LogP contribution in [-0.4, -0.2) is 76.2 Å². The van der Waals surface area contributed by atoms with Crippen LogP contribution in [0.15, 0.2) is 42.5 Å². The van der Waals surface area contributed by atoms with Gasteiger partial charge in [-0.2, -0.15) is 13.2 Å². The van der Waals surface area contributed by atoms with Gasteiger partial charge in [0.25, 0.3) is 0 Å². The number of piperazine rings is 1. The van der Waals surface area contributed by atoms with Crippen LogP contribution in [0.3, 0.4) is 0 Å². The number of hydrogen-bond donors (Lipinski definition) is 2. The summed E-state index contributed by atoms with van der Waals surface area (Å²) in [6.45, 7) is 4.61. The fourth-order valence-corrected chi connectivity index (χ4v) is 5.80. The normalized spacial score (nSPS) is 21.9. The summed E-state index contributed by atoms with van der Waals surface area (Å²) < 4.78 is 40.4. The summed E-state index contributed by atoms with van der Waals surface area (Å²) in [6, 6.07) is 9.28. The summed E-state index contributed by atoms with van der Waals surface area (Å²) in [4.78, 5) is 31.9. The molecule has 2 aliphatic heterocycles. The molecule has 3 atom stereocenters. The summed E-state index contributed by atoms with van der Waals surface area (Å²) in [5, 5.41) is 20.1. The molecule has 2 saturated heterocycles. The Morgan fingerprint density at radius 2 is 1.79 bits per heavy atom. The van der Waals surface area contributed by atoms with Crippen molar-refractivity contribution in [2.24, 2.45) is 5.41 Å². The Bertz CT molecular complexity index is 1210. The quantitative estimate of drug-likeness (QED) is 0.607. The van der Waals surface area contributed by atoms with Gasteiger partial charge in [0.05, 0.1) is 42.3 Å². The maximum Gasteiger partial charge on any atom is 0.416 e. The van der Waals surface area contributed by atoms with Gasteiger partial charge in [0.2, 0.25) is 5.91 Å². The Kier molecular flexibility index (Phi) is 7.51. The fourth-order valence-electron chi connectivity index (χ4n) is 5.80. The largest absolute Gasteiger partial charge is 0.416 e. The van der Waals surface area contributed by atoms with E-state index in [9.17, 15) is 33.0 Å². The molecule has 4 rings (SSSR count). The summed E-state index contributed by atoms with van der Waals surface area (Å²) in [5.74, 6) is -0.334. The topological polar surface area (TPSA) is 84.3 Å². The predicted molar refractivity (Wildman–Crippen MR) is 135 cm³/mol. The first-order chi connectivity index (χ1) is 17.8. The summed E-state index contributed by atoms with van der Waals surface area (Å²) in [7, 11) is 1.56. The van der Waals surface area contributed by atoms with Crippen LogP contribution in [0.4, 0.5) is 18.0 Å². The van der Waals surface area contributed by atoms with Gasteiger partial charge in [0, 0.05) is 20.1 Å². The monoisotopic (exact) mass is 533 g/mol. The highest BCUT2D eigenvalue weighted by molar-refractivity contribution is 5.87. The molecule has 0 aliphatic carbocycles. The molecule has 0 unspecified atom stereocenters. The van der Waals surface area contributed by atoms with Gasteiger partial charge in [-0.15, -0.1) is 0 Å². The molecule has 38 heavy (non-hydrogen) atoms. The number of aliphatic hydroxyl groups excluding tert-OH is 2. The van der Waals surface area contributed by atoms with E-state index in [0.717, 1.165) is 23.3 Å². The molecule has 3 amide bonds. The molecule has 0 bridgehead atoms. The van der Waals surface area contributed by atoms with E-state index in [4.69, 9.17) is 0 Å². The third-order valence-corrected chi connectivity index (χ3v) is 8.15. The SMILES string of the molecule is Cc1cc([C@@H](C)N(C)C(=O)N2CCN3C(=O)C(CO)(CO)C[C@H]3[C@@H]2c2ccccc2C)cc(C(F)(F)F)c1. The second-order valence-corrected chi connectivity index (χ2v) is 10.6. The molecule has 0 aromatic heterocycles. The number of aliphatic hydroxyl groups is 2. The van der Waals surface area contributed by atoms with Gasteiger partial charge in [0.1, 0.15) is 0 Å². The highest BCUT2D eigenvalue weighted by atomic mass is 19.4. The number of benzene rings is 2. The summed E-state index contributed by atoms with van der Waals surface area (Å²) >= 11 is 0. The zero-order chi connectivity index (χ0) is 28.0. The number of carbonyl (C=O) groups is 2. The van der Waals surface area contributed by atoms with Crippen LogP contribution in [0.2, 0.25) is 0 Å². The fraction of sp³-hybridized carbons (Fsp3) is 0.500. The van der Waals surface area contributed by atoms with E-state index in [1.165, 1.54) is 4.90 Å². The van der Waals surface area contributed by atoms with E-state index >= 15 is 0 Å². The molecule has 2 heterocycles. The van der Waals surface area contributed by atoms with Gasteiger partial charge >= 0.3 is 12.2 Å². The number of alkyl halides is 3. The minimum absolute atomic E-state index is 0.174. The van der Waals surface area contributed by atoms with E-state index in [-0.39, 0.29) is 31.4 Å². The molecular formula is C28H34F3N3O4. The Hall–Kier alpha value is -3.11. The van der Waals surface area contributed by atoms with Crippen molar-refractivity contribution in [2.75, 3.05) is 33.4 Å². The number of carbonyl (C=O) groups excluding carboxylic acids is 2. The zero-order valence-corrected chi connectivity index (χ0v) is 22.0. The lowest BCUT2D eigenvalue weighted by atomic mass is 9.82. The molecule has 2 aromatic rings. The summed E-state index contributed by atoms with van der Waals surface area (Å²) in [5.41, 5.74) is 0.489. The van der Waals surface area contributed by atoms with Crippen molar-refractivity contribution >= 4 is 11.9 Å². The standard InChI is InChI=1S/C28H34F3N3O4/c1-17-11-20(13-21(12-17)28(29,30)31)19(3)32(4)26(38)34-10-9-33-23(14-27(15-35,16-36)25(33)37)24(34)22-8-6-5-7-18(22)2/h5-8,11-13,19,23-24,35-36H,9-10,14-16H2,1-4H3/t19-,23+,24+/m1/s1. The lowest BCUT2D eigenvalue weighted by Gasteiger charge is -2.47. The average molecular weight is 534 g/mol. The van der Waals surface area contributed by atoms with Gasteiger partial charge in [-0.25, -0.2) is 4.79 Å². The number of urea groups is 1. The second-order valence-electron chi connectivity index (χ2n) is 10.6. The zero-order valence-electron chi connectivity index (χ0n) is 22.0. The van der Waals surface area contributed by atoms with Crippen LogP contribution < -0.4 is 0 Å². The van der Waals surface area contributed by atoms with Gasteiger partial charge in [-0.3, -0.25) is 4.79 Å². The lowest BCUT2D eigenvalue weighted by Crippen LogP contribution is -2.57. The van der Waals surface area contributed by atoms with Crippen molar-refractivity contribution in [3.8, 4) is 0 Å². The highest BCUT2D eigenvalue weighted by Gasteiger charge is 2.57. The first kappa shape index (κ1) is 27.9. The Labute approximate surface area is 220 Å². The number of aryl methyl sites for hydroxylation is 2. The van der Waals surface area contributed by atoms with Crippen LogP contribution in [0, 0.1) is 19.3 Å². The number of amides is 3. The first-order valence-corrected chi connectivity index (χ1v) is 12.6. The van der Waals surface area contributed by atoms with Gasteiger partial charge in [0.15, 0.2) is 0 Å². The third-order valence-electron chi connectivity index (χ3n) is 8.15. The molecule has 10 heteroatoms. The minimum atomic E-state index is -4.50. The van der Waals surface area contributed by atoms with Gasteiger partial charge < -0.3 is 24.9 Å². The lowest BCUT2D eigenvalue weighted by molar-refractivity contribution is -0.142. The van der Waals surface area contributed by atoms with E-state index < -0.39 is 48.5 Å². The Morgan fingerprint density at radius 1 is 1.13 bits per heavy atom. The van der Waals surface area contributed by atoms with Crippen LogP contribution in [0.1, 0.15) is 53.2 Å². The van der Waals surface area contributed by atoms with E-state index in [1.807, 2.05) is 31.2 Å². The number of nitrogens with zero attached hydrogens (tertiary/aromatic N) is 3. The van der Waals surface area contributed by atoms with Crippen molar-refractivity contribution < 1.29 is 33.0 Å². The van der Waals surface area contributed by atoms with E-state index in [0.29, 0.717) is 11.1 Å². The minimum Gasteiger partial charge on any atom is -0.395 e. The van der Waals surface area contributed by atoms with Crippen molar-refractivity contribution in [2.45, 2.75) is 51.5 Å². The molecule has 2 fully saturated rings. The third kappa shape index (κ3) is 4.75. The van der Waals surface area contributed by atoms with Crippen LogP contribution >= 0.6 is 0 Å². The first-order valence-electron chi connectivity index (χ1n) is 12.6. The molecular weight excluding hydrogens is 499 g/mol. The molecule has 7 nitrogen and oxygen atoms in total. The predicted octanol–water partition coefficient (Wildman–Crippen LogP) is 4.06. The molecule has 0 spiro atoms. The maximum atomic E-state index is 14.0. The van der Waals surface area contributed by atoms with Crippen LogP contribution in [-0.2, 0) is 11.0 Å². The van der Waals surface area contributed by atoms with Crippen molar-refractivity contribution in [1.29, 1.82) is 0 Å². The van der Waals surface area contributed by atoms with Crippen molar-refractivity contribution in [3.63, 3.8) is 0 Å². The van der Waals surface area contributed by atoms with Crippen LogP contribution in [0.5, 0.6) is 0 Å². The van der Waals surface area contributed by atoms with Gasteiger partial charge in [-0.05, 0) is 56.0 Å². The number of fused-ring (bicyclic) bond motifs is 1. The van der Waals surface area contributed by atoms with Crippen molar-refractivity contribution in [1.82, 2.24) is 14.7 Å². The Morgan fingerprint density at radius 3 is 2.39 bits per heavy atom.